The summed E-state index contributed by atoms with van der Waals surface area (Å²) in [6.45, 7) is 0. The highest BCUT2D eigenvalue weighted by molar-refractivity contribution is 7.25. The van der Waals surface area contributed by atoms with Gasteiger partial charge in [-0.3, -0.25) is 0 Å². The predicted molar refractivity (Wildman–Crippen MR) is 59.2 cm³/mol. The van der Waals surface area contributed by atoms with Crippen molar-refractivity contribution < 1.29 is 17.6 Å². The fourth-order valence-electron chi connectivity index (χ4n) is 1.77. The van der Waals surface area contributed by atoms with Gasteiger partial charge in [-0.25, -0.2) is 17.6 Å². The molecule has 0 saturated heterocycles. The zero-order chi connectivity index (χ0) is 12.2. The summed E-state index contributed by atoms with van der Waals surface area (Å²) in [5.74, 6) is -3.93. The van der Waals surface area contributed by atoms with Crippen LogP contribution in [0, 0.1) is 23.3 Å². The summed E-state index contributed by atoms with van der Waals surface area (Å²) in [6.07, 6.45) is 0. The fraction of sp³-hybridized carbons (Fsp3) is 0. The minimum Gasteiger partial charge on any atom is -0.204 e. The SMILES string of the molecule is Fc1cc2sc3cc(F)c(F)cc3c2cc1F. The van der Waals surface area contributed by atoms with Gasteiger partial charge in [0.05, 0.1) is 0 Å². The molecule has 0 nitrogen and oxygen atoms in total. The summed E-state index contributed by atoms with van der Waals surface area (Å²) in [7, 11) is 0. The molecular weight excluding hydrogens is 252 g/mol. The van der Waals surface area contributed by atoms with Gasteiger partial charge in [-0.05, 0) is 24.3 Å². The smallest absolute Gasteiger partial charge is 0.160 e. The largest absolute Gasteiger partial charge is 0.204 e. The summed E-state index contributed by atoms with van der Waals surface area (Å²) in [4.78, 5) is 0. The second-order valence-electron chi connectivity index (χ2n) is 3.63. The Bertz CT molecular complexity index is 683. The van der Waals surface area contributed by atoms with Gasteiger partial charge in [-0.1, -0.05) is 0 Å². The Kier molecular flexibility index (Phi) is 2.13. The molecule has 0 saturated carbocycles. The number of thiophene rings is 1. The van der Waals surface area contributed by atoms with E-state index in [0.29, 0.717) is 20.2 Å². The molecule has 3 rings (SSSR count). The molecule has 1 aromatic heterocycles. The van der Waals surface area contributed by atoms with E-state index in [1.54, 1.807) is 0 Å². The van der Waals surface area contributed by atoms with E-state index in [2.05, 4.69) is 0 Å². The van der Waals surface area contributed by atoms with Gasteiger partial charge in [0.1, 0.15) is 0 Å². The minimum atomic E-state index is -0.998. The summed E-state index contributed by atoms with van der Waals surface area (Å²) >= 11 is 1.09. The molecule has 0 atom stereocenters. The Morgan fingerprint density at radius 2 is 0.941 bits per heavy atom. The number of fused-ring (bicyclic) bond motifs is 3. The number of hydrogen-bond donors (Lipinski definition) is 0. The van der Waals surface area contributed by atoms with Gasteiger partial charge in [0.15, 0.2) is 23.3 Å². The van der Waals surface area contributed by atoms with Crippen LogP contribution >= 0.6 is 11.3 Å². The second-order valence-corrected chi connectivity index (χ2v) is 4.71. The van der Waals surface area contributed by atoms with Gasteiger partial charge >= 0.3 is 0 Å². The molecule has 0 amide bonds. The van der Waals surface area contributed by atoms with Crippen LogP contribution < -0.4 is 0 Å². The van der Waals surface area contributed by atoms with E-state index in [9.17, 15) is 17.6 Å². The van der Waals surface area contributed by atoms with Crippen LogP contribution in [0.2, 0.25) is 0 Å². The summed E-state index contributed by atoms with van der Waals surface area (Å²) in [5, 5.41) is 0.783. The maximum atomic E-state index is 13.1. The van der Waals surface area contributed by atoms with Crippen LogP contribution in [0.3, 0.4) is 0 Å². The Hall–Kier alpha value is -1.62. The first kappa shape index (κ1) is 10.5. The highest BCUT2D eigenvalue weighted by Crippen LogP contribution is 2.35. The third-order valence-corrected chi connectivity index (χ3v) is 3.67. The average Bonchev–Trinajstić information content (AvgIpc) is 2.58. The van der Waals surface area contributed by atoms with E-state index in [4.69, 9.17) is 0 Å². The van der Waals surface area contributed by atoms with Crippen LogP contribution in [0.4, 0.5) is 17.6 Å². The third kappa shape index (κ3) is 1.50. The van der Waals surface area contributed by atoms with Crippen LogP contribution in [0.1, 0.15) is 0 Å². The molecule has 0 radical (unpaired) electrons. The van der Waals surface area contributed by atoms with Gasteiger partial charge in [0.2, 0.25) is 0 Å². The molecule has 0 N–H and O–H groups in total. The van der Waals surface area contributed by atoms with Gasteiger partial charge < -0.3 is 0 Å². The molecule has 5 heteroatoms. The second kappa shape index (κ2) is 3.43. The van der Waals surface area contributed by atoms with Crippen LogP contribution in [-0.4, -0.2) is 0 Å². The molecule has 0 fully saturated rings. The highest BCUT2D eigenvalue weighted by atomic mass is 32.1. The summed E-state index contributed by atoms with van der Waals surface area (Å²) in [5.41, 5.74) is 0. The van der Waals surface area contributed by atoms with Crippen LogP contribution in [0.5, 0.6) is 0 Å². The lowest BCUT2D eigenvalue weighted by Gasteiger charge is -1.95. The van der Waals surface area contributed by atoms with Gasteiger partial charge in [-0.15, -0.1) is 11.3 Å². The number of hydrogen-bond acceptors (Lipinski definition) is 1. The van der Waals surface area contributed by atoms with Crippen molar-refractivity contribution in [2.75, 3.05) is 0 Å². The van der Waals surface area contributed by atoms with E-state index < -0.39 is 23.3 Å². The first-order chi connectivity index (χ1) is 8.06. The maximum absolute atomic E-state index is 13.1. The Labute approximate surface area is 97.1 Å². The van der Waals surface area contributed by atoms with E-state index >= 15 is 0 Å². The molecule has 0 aliphatic carbocycles. The van der Waals surface area contributed by atoms with Crippen molar-refractivity contribution in [2.45, 2.75) is 0 Å². The molecule has 0 bridgehead atoms. The quantitative estimate of drug-likeness (QED) is 0.515. The third-order valence-electron chi connectivity index (χ3n) is 2.56. The van der Waals surface area contributed by atoms with Crippen molar-refractivity contribution in [3.05, 3.63) is 47.5 Å². The molecule has 3 aromatic rings. The number of rotatable bonds is 0. The lowest BCUT2D eigenvalue weighted by atomic mass is 10.1. The van der Waals surface area contributed by atoms with Crippen molar-refractivity contribution in [1.82, 2.24) is 0 Å². The first-order valence-corrected chi connectivity index (χ1v) is 5.54. The van der Waals surface area contributed by atoms with Crippen molar-refractivity contribution >= 4 is 31.5 Å². The molecule has 0 aliphatic heterocycles. The zero-order valence-corrected chi connectivity index (χ0v) is 9.05. The Morgan fingerprint density at radius 1 is 0.588 bits per heavy atom. The maximum Gasteiger partial charge on any atom is 0.160 e. The van der Waals surface area contributed by atoms with Crippen molar-refractivity contribution in [3.8, 4) is 0 Å². The molecular formula is C12H4F4S. The van der Waals surface area contributed by atoms with Crippen LogP contribution in [0.15, 0.2) is 24.3 Å². The van der Waals surface area contributed by atoms with E-state index in [1.165, 1.54) is 0 Å². The van der Waals surface area contributed by atoms with Crippen molar-refractivity contribution in [1.29, 1.82) is 0 Å². The van der Waals surface area contributed by atoms with Gasteiger partial charge in [0.25, 0.3) is 0 Å². The number of halogens is 4. The van der Waals surface area contributed by atoms with Crippen LogP contribution in [-0.2, 0) is 0 Å². The van der Waals surface area contributed by atoms with E-state index in [-0.39, 0.29) is 0 Å². The Balaban J connectivity index is 2.51. The topological polar surface area (TPSA) is 0 Å². The lowest BCUT2D eigenvalue weighted by molar-refractivity contribution is 0.510. The molecule has 0 aliphatic rings. The minimum absolute atomic E-state index is 0.391. The predicted octanol–water partition coefficient (Wildman–Crippen LogP) is 4.61. The molecule has 86 valence electrons. The number of benzene rings is 2. The molecule has 2 aromatic carbocycles. The zero-order valence-electron chi connectivity index (χ0n) is 8.23. The van der Waals surface area contributed by atoms with E-state index in [1.807, 2.05) is 0 Å². The van der Waals surface area contributed by atoms with Crippen molar-refractivity contribution in [3.63, 3.8) is 0 Å². The molecule has 1 heterocycles. The van der Waals surface area contributed by atoms with Crippen LogP contribution in [0.25, 0.3) is 20.2 Å². The normalized spacial score (nSPS) is 11.5. The fourth-order valence-corrected chi connectivity index (χ4v) is 2.88. The van der Waals surface area contributed by atoms with Crippen molar-refractivity contribution in [2.24, 2.45) is 0 Å². The molecule has 0 unspecified atom stereocenters. The monoisotopic (exact) mass is 256 g/mol. The standard InChI is InChI=1S/C12H4F4S/c13-7-1-5-6-2-8(14)10(16)4-12(6)17-11(5)3-9(7)15/h1-4H. The Morgan fingerprint density at radius 3 is 1.35 bits per heavy atom. The van der Waals surface area contributed by atoms with E-state index in [0.717, 1.165) is 35.6 Å². The lowest BCUT2D eigenvalue weighted by Crippen LogP contribution is -1.83. The molecule has 0 spiro atoms. The highest BCUT2D eigenvalue weighted by Gasteiger charge is 2.12. The summed E-state index contributed by atoms with van der Waals surface area (Å²) in [6, 6.07) is 4.07. The first-order valence-electron chi connectivity index (χ1n) is 4.72. The summed E-state index contributed by atoms with van der Waals surface area (Å²) < 4.78 is 53.2. The van der Waals surface area contributed by atoms with Gasteiger partial charge in [-0.2, -0.15) is 0 Å². The van der Waals surface area contributed by atoms with Gasteiger partial charge in [0, 0.05) is 20.2 Å². The average molecular weight is 256 g/mol. The molecule has 17 heavy (non-hydrogen) atoms.